The van der Waals surface area contributed by atoms with Crippen molar-refractivity contribution in [2.75, 3.05) is 13.6 Å². The summed E-state index contributed by atoms with van der Waals surface area (Å²) in [6, 6.07) is 13.6. The summed E-state index contributed by atoms with van der Waals surface area (Å²) in [5.74, 6) is 0.563. The number of nitrogens with zero attached hydrogens (tertiary/aromatic N) is 2. The average Bonchev–Trinajstić information content (AvgIpc) is 2.38. The molecule has 2 heteroatoms. The molecule has 1 saturated heterocycles. The highest BCUT2D eigenvalue weighted by molar-refractivity contribution is 5.18. The maximum atomic E-state index is 9.27. The molecule has 3 atom stereocenters. The zero-order valence-corrected chi connectivity index (χ0v) is 12.3. The van der Waals surface area contributed by atoms with Crippen LogP contribution in [0.2, 0.25) is 0 Å². The highest BCUT2D eigenvalue weighted by Gasteiger charge is 2.42. The summed E-state index contributed by atoms with van der Waals surface area (Å²) in [4.78, 5) is 2.42. The second-order valence-corrected chi connectivity index (χ2v) is 6.25. The highest BCUT2D eigenvalue weighted by Crippen LogP contribution is 2.44. The molecule has 0 bridgehead atoms. The molecule has 1 fully saturated rings. The molecule has 2 rings (SSSR count). The number of likely N-dealkylation sites (tertiary alicyclic amines) is 1. The smallest absolute Gasteiger partial charge is 0.0627 e. The first-order valence-corrected chi connectivity index (χ1v) is 7.18. The molecule has 0 aromatic heterocycles. The number of hydrogen-bond acceptors (Lipinski definition) is 2. The van der Waals surface area contributed by atoms with E-state index in [2.05, 4.69) is 62.2 Å². The number of hydrogen-bond donors (Lipinski definition) is 0. The molecule has 1 aliphatic rings. The van der Waals surface area contributed by atoms with Crippen LogP contribution in [0.25, 0.3) is 0 Å². The fourth-order valence-corrected chi connectivity index (χ4v) is 3.47. The zero-order valence-electron chi connectivity index (χ0n) is 12.3. The van der Waals surface area contributed by atoms with Crippen LogP contribution in [0.15, 0.2) is 30.3 Å². The van der Waals surface area contributed by atoms with E-state index in [1.165, 1.54) is 5.56 Å². The monoisotopic (exact) mass is 256 g/mol. The number of nitriles is 1. The van der Waals surface area contributed by atoms with Crippen molar-refractivity contribution in [1.82, 2.24) is 4.90 Å². The van der Waals surface area contributed by atoms with Crippen molar-refractivity contribution < 1.29 is 0 Å². The van der Waals surface area contributed by atoms with Gasteiger partial charge in [0.05, 0.1) is 6.07 Å². The maximum absolute atomic E-state index is 9.27. The van der Waals surface area contributed by atoms with Gasteiger partial charge in [-0.1, -0.05) is 37.3 Å². The lowest BCUT2D eigenvalue weighted by Gasteiger charge is -2.48. The predicted octanol–water partition coefficient (Wildman–Crippen LogP) is 3.49. The Labute approximate surface area is 117 Å². The first-order valence-electron chi connectivity index (χ1n) is 7.18. The van der Waals surface area contributed by atoms with E-state index in [1.54, 1.807) is 0 Å². The van der Waals surface area contributed by atoms with E-state index in [0.717, 1.165) is 19.4 Å². The fourth-order valence-electron chi connectivity index (χ4n) is 3.47. The molecule has 0 N–H and O–H groups in total. The molecule has 0 saturated carbocycles. The first kappa shape index (κ1) is 14.1. The van der Waals surface area contributed by atoms with Gasteiger partial charge < -0.3 is 4.90 Å². The van der Waals surface area contributed by atoms with Crippen LogP contribution in [0.4, 0.5) is 0 Å². The van der Waals surface area contributed by atoms with E-state index in [9.17, 15) is 5.26 Å². The van der Waals surface area contributed by atoms with E-state index in [1.807, 2.05) is 0 Å². The molecule has 0 amide bonds. The van der Waals surface area contributed by atoms with Crippen molar-refractivity contribution in [3.63, 3.8) is 0 Å². The van der Waals surface area contributed by atoms with Gasteiger partial charge >= 0.3 is 0 Å². The molecule has 0 radical (unpaired) electrons. The van der Waals surface area contributed by atoms with Crippen molar-refractivity contribution in [2.45, 2.75) is 39.2 Å². The summed E-state index contributed by atoms with van der Waals surface area (Å²) in [7, 11) is 2.19. The van der Waals surface area contributed by atoms with Crippen LogP contribution in [-0.4, -0.2) is 24.5 Å². The molecule has 19 heavy (non-hydrogen) atoms. The Morgan fingerprint density at radius 1 is 1.32 bits per heavy atom. The summed E-state index contributed by atoms with van der Waals surface area (Å²) in [5, 5.41) is 9.27. The third kappa shape index (κ3) is 2.98. The Morgan fingerprint density at radius 3 is 2.63 bits per heavy atom. The lowest BCUT2D eigenvalue weighted by Crippen LogP contribution is -2.50. The van der Waals surface area contributed by atoms with E-state index in [0.29, 0.717) is 18.4 Å². The van der Waals surface area contributed by atoms with Gasteiger partial charge in [0.1, 0.15) is 0 Å². The molecule has 0 aliphatic carbocycles. The Balaban J connectivity index is 2.25. The molecule has 1 aromatic rings. The lowest BCUT2D eigenvalue weighted by molar-refractivity contribution is 0.0228. The van der Waals surface area contributed by atoms with Crippen LogP contribution in [0.1, 0.15) is 32.3 Å². The summed E-state index contributed by atoms with van der Waals surface area (Å²) < 4.78 is 0. The van der Waals surface area contributed by atoms with Crippen LogP contribution < -0.4 is 0 Å². The standard InChI is InChI=1S/C17H24N2/c1-14-13-19(3)15(2)11-17(14,9-10-18)12-16-7-5-4-6-8-16/h4-8,14-15H,9,11-13H2,1-3H3/t14-,15+,17-/m0/s1. The van der Waals surface area contributed by atoms with E-state index < -0.39 is 0 Å². The predicted molar refractivity (Wildman–Crippen MR) is 78.7 cm³/mol. The van der Waals surface area contributed by atoms with Crippen LogP contribution in [0.3, 0.4) is 0 Å². The molecule has 1 aliphatic heterocycles. The molecule has 1 aromatic carbocycles. The Kier molecular flexibility index (Phi) is 4.27. The molecule has 102 valence electrons. The maximum Gasteiger partial charge on any atom is 0.0627 e. The quantitative estimate of drug-likeness (QED) is 0.827. The van der Waals surface area contributed by atoms with Crippen LogP contribution in [0.5, 0.6) is 0 Å². The first-order chi connectivity index (χ1) is 9.07. The summed E-state index contributed by atoms with van der Waals surface area (Å²) in [6.45, 7) is 5.68. The minimum absolute atomic E-state index is 0.141. The van der Waals surface area contributed by atoms with Crippen LogP contribution in [0, 0.1) is 22.7 Å². The zero-order chi connectivity index (χ0) is 13.9. The van der Waals surface area contributed by atoms with Gasteiger partial charge in [0.15, 0.2) is 0 Å². The molecular formula is C17H24N2. The third-order valence-corrected chi connectivity index (χ3v) is 4.89. The van der Waals surface area contributed by atoms with Gasteiger partial charge in [0.25, 0.3) is 0 Å². The fraction of sp³-hybridized carbons (Fsp3) is 0.588. The third-order valence-electron chi connectivity index (χ3n) is 4.89. The second-order valence-electron chi connectivity index (χ2n) is 6.25. The normalized spacial score (nSPS) is 31.9. The average molecular weight is 256 g/mol. The molecule has 0 spiro atoms. The van der Waals surface area contributed by atoms with Crippen molar-refractivity contribution in [2.24, 2.45) is 11.3 Å². The van der Waals surface area contributed by atoms with E-state index in [4.69, 9.17) is 0 Å². The summed E-state index contributed by atoms with van der Waals surface area (Å²) >= 11 is 0. The van der Waals surface area contributed by atoms with Gasteiger partial charge in [0, 0.05) is 19.0 Å². The lowest BCUT2D eigenvalue weighted by atomic mass is 9.64. The van der Waals surface area contributed by atoms with Gasteiger partial charge in [0.2, 0.25) is 0 Å². The Morgan fingerprint density at radius 2 is 2.00 bits per heavy atom. The Bertz CT molecular complexity index is 448. The van der Waals surface area contributed by atoms with Crippen LogP contribution >= 0.6 is 0 Å². The van der Waals surface area contributed by atoms with Gasteiger partial charge in [-0.05, 0) is 43.7 Å². The number of piperidine rings is 1. The second kappa shape index (κ2) is 5.75. The number of benzene rings is 1. The van der Waals surface area contributed by atoms with Gasteiger partial charge in [-0.3, -0.25) is 0 Å². The molecule has 0 unspecified atom stereocenters. The largest absolute Gasteiger partial charge is 0.303 e. The topological polar surface area (TPSA) is 27.0 Å². The van der Waals surface area contributed by atoms with Crippen molar-refractivity contribution >= 4 is 0 Å². The minimum atomic E-state index is 0.141. The van der Waals surface area contributed by atoms with E-state index >= 15 is 0 Å². The van der Waals surface area contributed by atoms with Crippen LogP contribution in [-0.2, 0) is 6.42 Å². The summed E-state index contributed by atoms with van der Waals surface area (Å²) in [6.07, 6.45) is 2.81. The summed E-state index contributed by atoms with van der Waals surface area (Å²) in [5.41, 5.74) is 1.50. The van der Waals surface area contributed by atoms with Gasteiger partial charge in [-0.15, -0.1) is 0 Å². The SMILES string of the molecule is C[C@@H]1C[C@@](CC#N)(Cc2ccccc2)[C@@H](C)CN1C. The van der Waals surface area contributed by atoms with Crippen molar-refractivity contribution in [1.29, 1.82) is 5.26 Å². The van der Waals surface area contributed by atoms with Gasteiger partial charge in [-0.25, -0.2) is 0 Å². The molecule has 2 nitrogen and oxygen atoms in total. The number of rotatable bonds is 3. The molecule has 1 heterocycles. The highest BCUT2D eigenvalue weighted by atomic mass is 15.1. The van der Waals surface area contributed by atoms with Gasteiger partial charge in [-0.2, -0.15) is 5.26 Å². The van der Waals surface area contributed by atoms with Crippen molar-refractivity contribution in [3.05, 3.63) is 35.9 Å². The molecular weight excluding hydrogens is 232 g/mol. The van der Waals surface area contributed by atoms with Crippen molar-refractivity contribution in [3.8, 4) is 6.07 Å². The minimum Gasteiger partial charge on any atom is -0.303 e. The Hall–Kier alpha value is -1.33. The van der Waals surface area contributed by atoms with E-state index in [-0.39, 0.29) is 5.41 Å².